The second-order valence-electron chi connectivity index (χ2n) is 3.71. The van der Waals surface area contributed by atoms with Gasteiger partial charge in [0.25, 0.3) is 0 Å². The monoisotopic (exact) mass is 222 g/mol. The van der Waals surface area contributed by atoms with Crippen molar-refractivity contribution in [1.29, 1.82) is 0 Å². The van der Waals surface area contributed by atoms with Gasteiger partial charge in [0.05, 0.1) is 12.1 Å². The van der Waals surface area contributed by atoms with Gasteiger partial charge in [-0.1, -0.05) is 6.07 Å². The second kappa shape index (κ2) is 4.51. The van der Waals surface area contributed by atoms with Crippen molar-refractivity contribution in [2.24, 2.45) is 0 Å². The lowest BCUT2D eigenvalue weighted by atomic mass is 10.00. The molecule has 1 unspecified atom stereocenters. The van der Waals surface area contributed by atoms with Gasteiger partial charge in [-0.3, -0.25) is 4.98 Å². The fourth-order valence-corrected chi connectivity index (χ4v) is 1.75. The zero-order valence-corrected chi connectivity index (χ0v) is 8.99. The maximum Gasteiger partial charge on any atom is 0.417 e. The highest BCUT2D eigenvalue weighted by atomic mass is 16.4. The molecule has 3 N–H and O–H groups in total. The van der Waals surface area contributed by atoms with Crippen LogP contribution in [0.3, 0.4) is 0 Å². The van der Waals surface area contributed by atoms with E-state index in [1.165, 1.54) is 0 Å². The Morgan fingerprint density at radius 2 is 2.38 bits per heavy atom. The first-order valence-electron chi connectivity index (χ1n) is 5.13. The first kappa shape index (κ1) is 10.9. The molecule has 1 aromatic heterocycles. The molecular weight excluding hydrogens is 208 g/mol. The van der Waals surface area contributed by atoms with E-state index in [0.717, 1.165) is 5.56 Å². The molecule has 2 rings (SSSR count). The Morgan fingerprint density at radius 1 is 1.56 bits per heavy atom. The number of benzene rings is 1. The summed E-state index contributed by atoms with van der Waals surface area (Å²) in [6, 6.07) is 5.45. The molecule has 0 spiro atoms. The van der Waals surface area contributed by atoms with Crippen LogP contribution in [-0.2, 0) is 0 Å². The van der Waals surface area contributed by atoms with Crippen LogP contribution >= 0.6 is 0 Å². The molecule has 0 fully saturated rings. The van der Waals surface area contributed by atoms with Crippen LogP contribution in [0.15, 0.2) is 27.4 Å². The normalized spacial score (nSPS) is 13.1. The molecule has 0 saturated heterocycles. The third-order valence-corrected chi connectivity index (χ3v) is 2.59. The van der Waals surface area contributed by atoms with Gasteiger partial charge in [-0.2, -0.15) is 0 Å². The van der Waals surface area contributed by atoms with E-state index < -0.39 is 5.76 Å². The lowest BCUT2D eigenvalue weighted by Crippen LogP contribution is -2.19. The number of nitrogens with one attached hydrogen (secondary N) is 2. The summed E-state index contributed by atoms with van der Waals surface area (Å²) in [5, 5.41) is 12.3. The number of fused-ring (bicyclic) bond motifs is 1. The van der Waals surface area contributed by atoms with Crippen molar-refractivity contribution in [3.8, 4) is 0 Å². The zero-order valence-electron chi connectivity index (χ0n) is 8.99. The van der Waals surface area contributed by atoms with Crippen LogP contribution in [0, 0.1) is 0 Å². The third kappa shape index (κ3) is 2.00. The highest BCUT2D eigenvalue weighted by Crippen LogP contribution is 2.19. The SMILES string of the molecule is CNCC(CO)c1ccc2[nH]c(=O)oc2c1. The van der Waals surface area contributed by atoms with E-state index in [0.29, 0.717) is 17.6 Å². The van der Waals surface area contributed by atoms with Gasteiger partial charge in [-0.15, -0.1) is 0 Å². The fraction of sp³-hybridized carbons (Fsp3) is 0.364. The summed E-state index contributed by atoms with van der Waals surface area (Å²) in [6.45, 7) is 0.734. The summed E-state index contributed by atoms with van der Waals surface area (Å²) in [7, 11) is 1.83. The van der Waals surface area contributed by atoms with Crippen molar-refractivity contribution in [3.63, 3.8) is 0 Å². The van der Waals surface area contributed by atoms with Gasteiger partial charge in [-0.25, -0.2) is 4.79 Å². The molecule has 1 atom stereocenters. The molecule has 5 nitrogen and oxygen atoms in total. The summed E-state index contributed by atoms with van der Waals surface area (Å²) in [6.07, 6.45) is 0. The number of aliphatic hydroxyl groups is 1. The number of hydrogen-bond acceptors (Lipinski definition) is 4. The van der Waals surface area contributed by atoms with E-state index >= 15 is 0 Å². The van der Waals surface area contributed by atoms with E-state index in [9.17, 15) is 9.90 Å². The van der Waals surface area contributed by atoms with Crippen molar-refractivity contribution in [2.75, 3.05) is 20.2 Å². The standard InChI is InChI=1S/C11H14N2O3/c1-12-5-8(6-14)7-2-3-9-10(4-7)16-11(15)13-9/h2-4,8,12,14H,5-6H2,1H3,(H,13,15). The van der Waals surface area contributed by atoms with E-state index in [1.54, 1.807) is 12.1 Å². The van der Waals surface area contributed by atoms with Crippen LogP contribution in [0.1, 0.15) is 11.5 Å². The molecule has 0 aliphatic carbocycles. The first-order valence-corrected chi connectivity index (χ1v) is 5.13. The Morgan fingerprint density at radius 3 is 3.06 bits per heavy atom. The third-order valence-electron chi connectivity index (χ3n) is 2.59. The number of aromatic nitrogens is 1. The number of hydrogen-bond donors (Lipinski definition) is 3. The lowest BCUT2D eigenvalue weighted by molar-refractivity contribution is 0.263. The second-order valence-corrected chi connectivity index (χ2v) is 3.71. The van der Waals surface area contributed by atoms with Crippen LogP contribution < -0.4 is 11.1 Å². The minimum atomic E-state index is -0.457. The number of rotatable bonds is 4. The first-order chi connectivity index (χ1) is 7.74. The smallest absolute Gasteiger partial charge is 0.408 e. The minimum Gasteiger partial charge on any atom is -0.408 e. The van der Waals surface area contributed by atoms with Gasteiger partial charge in [0.15, 0.2) is 5.58 Å². The van der Waals surface area contributed by atoms with Crippen molar-refractivity contribution in [1.82, 2.24) is 10.3 Å². The van der Waals surface area contributed by atoms with Gasteiger partial charge in [0, 0.05) is 12.5 Å². The molecule has 0 radical (unpaired) electrons. The lowest BCUT2D eigenvalue weighted by Gasteiger charge is -2.13. The van der Waals surface area contributed by atoms with Gasteiger partial charge in [-0.05, 0) is 24.7 Å². The van der Waals surface area contributed by atoms with E-state index in [4.69, 9.17) is 4.42 Å². The van der Waals surface area contributed by atoms with Gasteiger partial charge in [0.1, 0.15) is 0 Å². The molecule has 0 aliphatic heterocycles. The maximum atomic E-state index is 11.0. The summed E-state index contributed by atoms with van der Waals surface area (Å²) >= 11 is 0. The number of likely N-dealkylation sites (N-methyl/N-ethyl adjacent to an activating group) is 1. The average molecular weight is 222 g/mol. The van der Waals surface area contributed by atoms with Crippen LogP contribution in [0.25, 0.3) is 11.1 Å². The summed E-state index contributed by atoms with van der Waals surface area (Å²) in [4.78, 5) is 13.6. The highest BCUT2D eigenvalue weighted by molar-refractivity contribution is 5.72. The van der Waals surface area contributed by atoms with Crippen LogP contribution in [0.5, 0.6) is 0 Å². The molecule has 1 aromatic carbocycles. The quantitative estimate of drug-likeness (QED) is 0.700. The van der Waals surface area contributed by atoms with E-state index in [2.05, 4.69) is 10.3 Å². The zero-order chi connectivity index (χ0) is 11.5. The molecule has 16 heavy (non-hydrogen) atoms. The Bertz CT molecular complexity index is 529. The van der Waals surface area contributed by atoms with Crippen molar-refractivity contribution in [3.05, 3.63) is 34.3 Å². The minimum absolute atomic E-state index is 0.00889. The molecule has 0 amide bonds. The van der Waals surface area contributed by atoms with Crippen LogP contribution in [-0.4, -0.2) is 30.3 Å². The summed E-state index contributed by atoms with van der Waals surface area (Å²) in [5.41, 5.74) is 2.15. The van der Waals surface area contributed by atoms with Crippen molar-refractivity contribution >= 4 is 11.1 Å². The predicted octanol–water partition coefficient (Wildman–Crippen LogP) is 0.416. The Hall–Kier alpha value is -1.59. The molecule has 2 aromatic rings. The number of aromatic amines is 1. The van der Waals surface area contributed by atoms with Gasteiger partial charge >= 0.3 is 5.76 Å². The highest BCUT2D eigenvalue weighted by Gasteiger charge is 2.11. The van der Waals surface area contributed by atoms with Crippen LogP contribution in [0.2, 0.25) is 0 Å². The number of H-pyrrole nitrogens is 1. The molecule has 5 heteroatoms. The molecular formula is C11H14N2O3. The molecule has 0 aliphatic rings. The fourth-order valence-electron chi connectivity index (χ4n) is 1.75. The van der Waals surface area contributed by atoms with Crippen LogP contribution in [0.4, 0.5) is 0 Å². The van der Waals surface area contributed by atoms with E-state index in [-0.39, 0.29) is 12.5 Å². The molecule has 0 bridgehead atoms. The molecule has 86 valence electrons. The molecule has 1 heterocycles. The predicted molar refractivity (Wildman–Crippen MR) is 60.6 cm³/mol. The Kier molecular flexibility index (Phi) is 3.07. The Balaban J connectivity index is 2.40. The number of oxazole rings is 1. The topological polar surface area (TPSA) is 78.3 Å². The summed E-state index contributed by atoms with van der Waals surface area (Å²) in [5.74, 6) is -0.448. The molecule has 0 saturated carbocycles. The maximum absolute atomic E-state index is 11.0. The number of aliphatic hydroxyl groups excluding tert-OH is 1. The average Bonchev–Trinajstić information content (AvgIpc) is 2.64. The van der Waals surface area contributed by atoms with E-state index in [1.807, 2.05) is 13.1 Å². The Labute approximate surface area is 92.1 Å². The van der Waals surface area contributed by atoms with Gasteiger partial charge in [0.2, 0.25) is 0 Å². The summed E-state index contributed by atoms with van der Waals surface area (Å²) < 4.78 is 4.97. The van der Waals surface area contributed by atoms with Crippen molar-refractivity contribution in [2.45, 2.75) is 5.92 Å². The largest absolute Gasteiger partial charge is 0.417 e. The van der Waals surface area contributed by atoms with Gasteiger partial charge < -0.3 is 14.8 Å². The van der Waals surface area contributed by atoms with Crippen molar-refractivity contribution < 1.29 is 9.52 Å².